The Morgan fingerprint density at radius 2 is 1.85 bits per heavy atom. The van der Waals surface area contributed by atoms with Crippen LogP contribution in [0.2, 0.25) is 0 Å². The Kier molecular flexibility index (Phi) is 4.15. The molecule has 0 amide bonds. The highest BCUT2D eigenvalue weighted by Crippen LogP contribution is 2.46. The third-order valence-electron chi connectivity index (χ3n) is 4.99. The van der Waals surface area contributed by atoms with Crippen molar-refractivity contribution in [3.05, 3.63) is 77.6 Å². The van der Waals surface area contributed by atoms with Crippen LogP contribution in [0.15, 0.2) is 65.8 Å². The Hall–Kier alpha value is -3.21. The molecule has 0 aliphatic heterocycles. The lowest BCUT2D eigenvalue weighted by molar-refractivity contribution is 0.0884. The first kappa shape index (κ1) is 17.2. The van der Waals surface area contributed by atoms with Crippen LogP contribution in [0, 0.1) is 5.41 Å². The van der Waals surface area contributed by atoms with E-state index in [-0.39, 0.29) is 23.0 Å². The first-order chi connectivity index (χ1) is 13.0. The number of phenolic OH excluding ortho intramolecular Hbond substituents is 1. The predicted molar refractivity (Wildman–Crippen MR) is 105 cm³/mol. The molecule has 5 heteroatoms. The molecule has 27 heavy (non-hydrogen) atoms. The van der Waals surface area contributed by atoms with E-state index < -0.39 is 0 Å². The molecule has 1 aliphatic carbocycles. The Labute approximate surface area is 158 Å². The molecule has 0 bridgehead atoms. The number of benzene rings is 2. The molecule has 0 saturated heterocycles. The van der Waals surface area contributed by atoms with E-state index >= 15 is 0 Å². The van der Waals surface area contributed by atoms with Gasteiger partial charge in [-0.3, -0.25) is 9.79 Å². The second kappa shape index (κ2) is 6.50. The summed E-state index contributed by atoms with van der Waals surface area (Å²) in [5.41, 5.74) is 2.95. The Morgan fingerprint density at radius 3 is 2.56 bits per heavy atom. The standard InChI is InChI=1S/C22H21N3O2/c1-22(2)12-19(27)18-14-24-25(16-6-4-3-5-7-16)20(18)21(22)23-13-15-8-10-17(26)11-9-15/h3-11,13-14,21,26H,12H2,1-2H3. The van der Waals surface area contributed by atoms with Gasteiger partial charge < -0.3 is 5.11 Å². The zero-order chi connectivity index (χ0) is 19.0. The maximum atomic E-state index is 12.7. The average molecular weight is 359 g/mol. The molecule has 3 aromatic rings. The number of Topliss-reactive ketones (excluding diaryl/α,β-unsaturated/α-hetero) is 1. The molecule has 1 aromatic heterocycles. The SMILES string of the molecule is CC1(C)CC(=O)c2cnn(-c3ccccc3)c2C1N=Cc1ccc(O)cc1. The highest BCUT2D eigenvalue weighted by molar-refractivity contribution is 5.99. The fourth-order valence-electron chi connectivity index (χ4n) is 3.58. The van der Waals surface area contributed by atoms with Crippen LogP contribution in [-0.2, 0) is 0 Å². The molecule has 5 nitrogen and oxygen atoms in total. The fraction of sp³-hybridized carbons (Fsp3) is 0.227. The summed E-state index contributed by atoms with van der Waals surface area (Å²) >= 11 is 0. The van der Waals surface area contributed by atoms with Crippen LogP contribution < -0.4 is 0 Å². The predicted octanol–water partition coefficient (Wildman–Crippen LogP) is 4.35. The lowest BCUT2D eigenvalue weighted by Gasteiger charge is -2.35. The summed E-state index contributed by atoms with van der Waals surface area (Å²) in [4.78, 5) is 17.5. The lowest BCUT2D eigenvalue weighted by atomic mass is 9.72. The Morgan fingerprint density at radius 1 is 1.15 bits per heavy atom. The van der Waals surface area contributed by atoms with Gasteiger partial charge in [0.05, 0.1) is 29.2 Å². The van der Waals surface area contributed by atoms with E-state index in [1.807, 2.05) is 47.1 Å². The van der Waals surface area contributed by atoms with Crippen LogP contribution in [0.25, 0.3) is 5.69 Å². The molecular formula is C22H21N3O2. The van der Waals surface area contributed by atoms with Crippen molar-refractivity contribution < 1.29 is 9.90 Å². The van der Waals surface area contributed by atoms with E-state index in [1.165, 1.54) is 0 Å². The molecular weight excluding hydrogens is 338 g/mol. The van der Waals surface area contributed by atoms with Crippen LogP contribution in [0.1, 0.15) is 47.9 Å². The normalized spacial score (nSPS) is 18.6. The number of rotatable bonds is 3. The molecule has 1 unspecified atom stereocenters. The van der Waals surface area contributed by atoms with Gasteiger partial charge in [0, 0.05) is 18.1 Å². The van der Waals surface area contributed by atoms with Crippen molar-refractivity contribution in [3.63, 3.8) is 0 Å². The van der Waals surface area contributed by atoms with E-state index in [4.69, 9.17) is 4.99 Å². The summed E-state index contributed by atoms with van der Waals surface area (Å²) < 4.78 is 1.83. The summed E-state index contributed by atoms with van der Waals surface area (Å²) in [5, 5.41) is 13.9. The van der Waals surface area contributed by atoms with Gasteiger partial charge in [-0.1, -0.05) is 32.0 Å². The first-order valence-electron chi connectivity index (χ1n) is 8.94. The number of nitrogens with zero attached hydrogens (tertiary/aromatic N) is 3. The second-order valence-corrected chi connectivity index (χ2v) is 7.55. The molecule has 136 valence electrons. The third-order valence-corrected chi connectivity index (χ3v) is 4.99. The maximum Gasteiger partial charge on any atom is 0.167 e. The van der Waals surface area contributed by atoms with Crippen molar-refractivity contribution >= 4 is 12.0 Å². The topological polar surface area (TPSA) is 67.5 Å². The minimum absolute atomic E-state index is 0.105. The monoisotopic (exact) mass is 359 g/mol. The fourth-order valence-corrected chi connectivity index (χ4v) is 3.58. The smallest absolute Gasteiger partial charge is 0.167 e. The summed E-state index contributed by atoms with van der Waals surface area (Å²) in [7, 11) is 0. The number of para-hydroxylation sites is 1. The quantitative estimate of drug-likeness (QED) is 0.707. The van der Waals surface area contributed by atoms with Gasteiger partial charge in [0.1, 0.15) is 5.75 Å². The van der Waals surface area contributed by atoms with Crippen LogP contribution in [-0.4, -0.2) is 26.9 Å². The van der Waals surface area contributed by atoms with Crippen molar-refractivity contribution in [2.75, 3.05) is 0 Å². The molecule has 0 fully saturated rings. The molecule has 4 rings (SSSR count). The Bertz CT molecular complexity index is 1000. The van der Waals surface area contributed by atoms with Gasteiger partial charge in [-0.2, -0.15) is 5.10 Å². The van der Waals surface area contributed by atoms with Gasteiger partial charge in [-0.25, -0.2) is 4.68 Å². The van der Waals surface area contributed by atoms with Crippen molar-refractivity contribution in [2.45, 2.75) is 26.3 Å². The minimum Gasteiger partial charge on any atom is -0.508 e. The summed E-state index contributed by atoms with van der Waals surface area (Å²) in [5.74, 6) is 0.327. The van der Waals surface area contributed by atoms with E-state index in [1.54, 1.807) is 24.5 Å². The van der Waals surface area contributed by atoms with Crippen LogP contribution in [0.4, 0.5) is 0 Å². The number of ketones is 1. The van der Waals surface area contributed by atoms with Gasteiger partial charge in [0.25, 0.3) is 0 Å². The van der Waals surface area contributed by atoms with E-state index in [0.29, 0.717) is 12.0 Å². The number of fused-ring (bicyclic) bond motifs is 1. The maximum absolute atomic E-state index is 12.7. The number of hydrogen-bond donors (Lipinski definition) is 1. The zero-order valence-electron chi connectivity index (χ0n) is 15.3. The molecule has 1 aliphatic rings. The first-order valence-corrected chi connectivity index (χ1v) is 8.94. The highest BCUT2D eigenvalue weighted by atomic mass is 16.3. The van der Waals surface area contributed by atoms with Crippen molar-refractivity contribution in [2.24, 2.45) is 10.4 Å². The minimum atomic E-state index is -0.329. The van der Waals surface area contributed by atoms with E-state index in [9.17, 15) is 9.90 Å². The van der Waals surface area contributed by atoms with E-state index in [0.717, 1.165) is 16.9 Å². The summed E-state index contributed by atoms with van der Waals surface area (Å²) in [6, 6.07) is 16.5. The summed E-state index contributed by atoms with van der Waals surface area (Å²) in [6.45, 7) is 4.13. The number of carbonyl (C=O) groups is 1. The molecule has 0 spiro atoms. The molecule has 1 N–H and O–H groups in total. The van der Waals surface area contributed by atoms with Gasteiger partial charge in [0.15, 0.2) is 5.78 Å². The van der Waals surface area contributed by atoms with Crippen molar-refractivity contribution in [3.8, 4) is 11.4 Å². The number of aromatic hydroxyl groups is 1. The van der Waals surface area contributed by atoms with Crippen LogP contribution in [0.5, 0.6) is 5.75 Å². The second-order valence-electron chi connectivity index (χ2n) is 7.55. The van der Waals surface area contributed by atoms with Crippen molar-refractivity contribution in [1.29, 1.82) is 0 Å². The lowest BCUT2D eigenvalue weighted by Crippen LogP contribution is -2.32. The van der Waals surface area contributed by atoms with Gasteiger partial charge >= 0.3 is 0 Å². The highest BCUT2D eigenvalue weighted by Gasteiger charge is 2.42. The van der Waals surface area contributed by atoms with Gasteiger partial charge in [-0.15, -0.1) is 0 Å². The molecule has 1 heterocycles. The number of phenols is 1. The summed E-state index contributed by atoms with van der Waals surface area (Å²) in [6.07, 6.45) is 3.88. The average Bonchev–Trinajstić information content (AvgIpc) is 3.08. The number of aromatic nitrogens is 2. The van der Waals surface area contributed by atoms with Crippen LogP contribution >= 0.6 is 0 Å². The van der Waals surface area contributed by atoms with Crippen molar-refractivity contribution in [1.82, 2.24) is 9.78 Å². The largest absolute Gasteiger partial charge is 0.508 e. The number of carbonyl (C=O) groups excluding carboxylic acids is 1. The van der Waals surface area contributed by atoms with E-state index in [2.05, 4.69) is 18.9 Å². The van der Waals surface area contributed by atoms with Gasteiger partial charge in [0.2, 0.25) is 0 Å². The molecule has 0 saturated carbocycles. The molecule has 0 radical (unpaired) electrons. The zero-order valence-corrected chi connectivity index (χ0v) is 15.3. The molecule has 2 aromatic carbocycles. The number of hydrogen-bond acceptors (Lipinski definition) is 4. The molecule has 1 atom stereocenters. The van der Waals surface area contributed by atoms with Gasteiger partial charge in [-0.05, 0) is 42.0 Å². The Balaban J connectivity index is 1.81. The third kappa shape index (κ3) is 3.16. The van der Waals surface area contributed by atoms with Crippen LogP contribution in [0.3, 0.4) is 0 Å². The number of aliphatic imine (C=N–C) groups is 1.